The number of unbranched alkanes of at least 4 members (excludes halogenated alkanes) is 1. The molecule has 1 aromatic heterocycles. The number of hydrogen-bond donors (Lipinski definition) is 3. The third-order valence-corrected chi connectivity index (χ3v) is 5.81. The summed E-state index contributed by atoms with van der Waals surface area (Å²) < 4.78 is 20.9. The molecule has 1 unspecified atom stereocenters. The van der Waals surface area contributed by atoms with Gasteiger partial charge >= 0.3 is 5.69 Å². The van der Waals surface area contributed by atoms with Gasteiger partial charge in [0.1, 0.15) is 5.82 Å². The number of nitrogens with zero attached hydrogens (tertiary/aromatic N) is 3. The molecule has 2 rings (SSSR count). The number of aromatic nitrogens is 2. The van der Waals surface area contributed by atoms with E-state index >= 15 is 0 Å². The number of nitrogen functional groups attached to an aromatic ring is 1. The summed E-state index contributed by atoms with van der Waals surface area (Å²) in [7, 11) is -1.87. The molecular formula is C16H22ClN6O3S+. The van der Waals surface area contributed by atoms with Crippen LogP contribution in [-0.2, 0) is 14.6 Å². The summed E-state index contributed by atoms with van der Waals surface area (Å²) in [4.78, 5) is 24.6. The maximum Gasteiger partial charge on any atom is 0.320 e. The smallest absolute Gasteiger partial charge is 0.320 e. The number of rotatable bonds is 9. The number of aryl methyl sites for hydroxylation is 1. The topological polar surface area (TPSA) is 134 Å². The van der Waals surface area contributed by atoms with Crippen molar-refractivity contribution in [3.63, 3.8) is 0 Å². The van der Waals surface area contributed by atoms with Crippen molar-refractivity contribution in [2.24, 2.45) is 0 Å². The fourth-order valence-corrected chi connectivity index (χ4v) is 3.98. The second kappa shape index (κ2) is 8.96. The van der Waals surface area contributed by atoms with Crippen LogP contribution < -0.4 is 11.1 Å². The van der Waals surface area contributed by atoms with E-state index < -0.39 is 9.73 Å². The first-order chi connectivity index (χ1) is 12.7. The van der Waals surface area contributed by atoms with E-state index in [1.165, 1.54) is 25.3 Å². The third-order valence-electron chi connectivity index (χ3n) is 3.76. The molecule has 2 aromatic rings. The Morgan fingerprint density at radius 1 is 1.37 bits per heavy atom. The van der Waals surface area contributed by atoms with Gasteiger partial charge in [-0.3, -0.25) is 0 Å². The molecule has 1 heterocycles. The summed E-state index contributed by atoms with van der Waals surface area (Å²) in [6.07, 6.45) is 2.85. The molecule has 0 amide bonds. The fourth-order valence-electron chi connectivity index (χ4n) is 2.36. The zero-order valence-corrected chi connectivity index (χ0v) is 16.6. The second-order valence-corrected chi connectivity index (χ2v) is 8.45. The van der Waals surface area contributed by atoms with Gasteiger partial charge in [-0.05, 0) is 37.4 Å². The minimum absolute atomic E-state index is 0.102. The van der Waals surface area contributed by atoms with Crippen LogP contribution in [0.1, 0.15) is 18.4 Å². The Labute approximate surface area is 162 Å². The van der Waals surface area contributed by atoms with Crippen molar-refractivity contribution in [3.05, 3.63) is 40.2 Å². The van der Waals surface area contributed by atoms with Crippen LogP contribution in [0.4, 0.5) is 17.2 Å². The molecule has 0 fully saturated rings. The number of hydrogen-bond acceptors (Lipinski definition) is 8. The maximum absolute atomic E-state index is 12.7. The van der Waals surface area contributed by atoms with Crippen LogP contribution in [0, 0.1) is 16.6 Å². The monoisotopic (exact) mass is 413 g/mol. The molecule has 27 heavy (non-hydrogen) atoms. The molecule has 1 aromatic carbocycles. The first kappa shape index (κ1) is 20.8. The van der Waals surface area contributed by atoms with E-state index in [0.29, 0.717) is 25.2 Å². The van der Waals surface area contributed by atoms with Gasteiger partial charge in [0.2, 0.25) is 5.28 Å². The number of nitrogens with two attached hydrogens (primary N) is 1. The van der Waals surface area contributed by atoms with E-state index in [0.717, 1.165) is 5.56 Å². The number of benzene rings is 1. The Morgan fingerprint density at radius 2 is 2.11 bits per heavy atom. The molecule has 0 saturated heterocycles. The predicted molar refractivity (Wildman–Crippen MR) is 105 cm³/mol. The molecule has 0 saturated carbocycles. The van der Waals surface area contributed by atoms with Crippen LogP contribution >= 0.6 is 11.6 Å². The molecular weight excluding hydrogens is 392 g/mol. The van der Waals surface area contributed by atoms with E-state index in [1.807, 2.05) is 6.92 Å². The highest BCUT2D eigenvalue weighted by Gasteiger charge is 2.20. The summed E-state index contributed by atoms with van der Waals surface area (Å²) in [6, 6.07) is 4.22. The van der Waals surface area contributed by atoms with Crippen molar-refractivity contribution in [3.8, 4) is 0 Å². The molecule has 0 bridgehead atoms. The molecule has 0 radical (unpaired) electrons. The van der Waals surface area contributed by atoms with Gasteiger partial charge in [0.05, 0.1) is 19.5 Å². The Hall–Kier alpha value is -2.46. The first-order valence-electron chi connectivity index (χ1n) is 8.14. The van der Waals surface area contributed by atoms with Crippen LogP contribution in [0.5, 0.6) is 0 Å². The molecule has 4 N–H and O–H groups in total. The molecule has 11 heteroatoms. The molecule has 146 valence electrons. The highest BCUT2D eigenvalue weighted by atomic mass is 35.5. The van der Waals surface area contributed by atoms with Crippen LogP contribution in [0.2, 0.25) is 5.28 Å². The number of halogens is 1. The average Bonchev–Trinajstić information content (AvgIpc) is 2.62. The lowest BCUT2D eigenvalue weighted by molar-refractivity contribution is -0.736. The SMILES string of the molecule is CO[N+](=O)c1cc(N)cc(S(=N)(=O)CCCCNc2nc(Cl)ncc2C)c1. The van der Waals surface area contributed by atoms with Crippen molar-refractivity contribution in [1.29, 1.82) is 4.78 Å². The van der Waals surface area contributed by atoms with Crippen molar-refractivity contribution in [1.82, 2.24) is 9.97 Å². The lowest BCUT2D eigenvalue weighted by Crippen LogP contribution is -2.10. The predicted octanol–water partition coefficient (Wildman–Crippen LogP) is 3.29. The Kier molecular flexibility index (Phi) is 6.92. The summed E-state index contributed by atoms with van der Waals surface area (Å²) in [5, 5.41) is 3.31. The van der Waals surface area contributed by atoms with E-state index in [4.69, 9.17) is 22.1 Å². The van der Waals surface area contributed by atoms with Gasteiger partial charge in [-0.2, -0.15) is 0 Å². The van der Waals surface area contributed by atoms with Crippen molar-refractivity contribution >= 4 is 38.5 Å². The van der Waals surface area contributed by atoms with Crippen LogP contribution in [-0.4, -0.2) is 38.5 Å². The van der Waals surface area contributed by atoms with E-state index in [1.54, 1.807) is 6.20 Å². The minimum atomic E-state index is -3.08. The van der Waals surface area contributed by atoms with Gasteiger partial charge in [-0.15, -0.1) is 0 Å². The highest BCUT2D eigenvalue weighted by Crippen LogP contribution is 2.24. The maximum atomic E-state index is 12.7. The van der Waals surface area contributed by atoms with Gasteiger partial charge in [-0.25, -0.2) is 23.8 Å². The standard InChI is InChI=1S/C16H22ClN6O3S/c1-11-10-21-16(17)22-15(11)20-5-3-4-6-27(19,25)14-8-12(18)7-13(9-14)23(24)26-2/h7-10,19H,3-6,18H2,1-2H3,(H,20,21,22)/q+1. The minimum Gasteiger partial charge on any atom is -0.398 e. The molecule has 0 aliphatic heterocycles. The lowest BCUT2D eigenvalue weighted by Gasteiger charge is -2.10. The summed E-state index contributed by atoms with van der Waals surface area (Å²) in [5.74, 6) is 0.796. The fraction of sp³-hybridized carbons (Fsp3) is 0.375. The lowest BCUT2D eigenvalue weighted by atomic mass is 10.3. The quantitative estimate of drug-likeness (QED) is 0.248. The largest absolute Gasteiger partial charge is 0.398 e. The van der Waals surface area contributed by atoms with Gasteiger partial charge in [0.15, 0.2) is 7.11 Å². The van der Waals surface area contributed by atoms with Crippen molar-refractivity contribution < 1.29 is 14.0 Å². The second-order valence-electron chi connectivity index (χ2n) is 5.88. The molecule has 0 spiro atoms. The van der Waals surface area contributed by atoms with E-state index in [9.17, 15) is 9.12 Å². The van der Waals surface area contributed by atoms with E-state index in [2.05, 4.69) is 20.1 Å². The Morgan fingerprint density at radius 3 is 2.81 bits per heavy atom. The van der Waals surface area contributed by atoms with Gasteiger partial charge in [0, 0.05) is 41.9 Å². The summed E-state index contributed by atoms with van der Waals surface area (Å²) in [6.45, 7) is 2.45. The molecule has 9 nitrogen and oxygen atoms in total. The Balaban J connectivity index is 1.94. The molecule has 1 atom stereocenters. The zero-order valence-electron chi connectivity index (χ0n) is 15.1. The van der Waals surface area contributed by atoms with Crippen LogP contribution in [0.15, 0.2) is 29.3 Å². The average molecular weight is 414 g/mol. The van der Waals surface area contributed by atoms with Gasteiger partial charge in [-0.1, -0.05) is 0 Å². The van der Waals surface area contributed by atoms with Crippen molar-refractivity contribution in [2.45, 2.75) is 24.7 Å². The first-order valence-corrected chi connectivity index (χ1v) is 10.2. The Bertz CT molecular complexity index is 936. The molecule has 0 aliphatic carbocycles. The van der Waals surface area contributed by atoms with Gasteiger partial charge < -0.3 is 11.1 Å². The zero-order chi connectivity index (χ0) is 20.0. The summed E-state index contributed by atoms with van der Waals surface area (Å²) in [5.41, 5.74) is 6.97. The highest BCUT2D eigenvalue weighted by molar-refractivity contribution is 7.92. The third kappa shape index (κ3) is 5.76. The number of nitrogens with one attached hydrogen (secondary N) is 2. The normalized spacial score (nSPS) is 13.0. The van der Waals surface area contributed by atoms with Crippen molar-refractivity contribution in [2.75, 3.05) is 30.5 Å². The van der Waals surface area contributed by atoms with Crippen LogP contribution in [0.25, 0.3) is 0 Å². The van der Waals surface area contributed by atoms with E-state index in [-0.39, 0.29) is 32.2 Å². The number of anilines is 2. The molecule has 0 aliphatic rings. The summed E-state index contributed by atoms with van der Waals surface area (Å²) >= 11 is 5.77. The van der Waals surface area contributed by atoms with Gasteiger partial charge in [0.25, 0.3) is 4.92 Å². The van der Waals surface area contributed by atoms with Crippen LogP contribution in [0.3, 0.4) is 0 Å².